The fourth-order valence-corrected chi connectivity index (χ4v) is 0.461. The van der Waals surface area contributed by atoms with Gasteiger partial charge in [0.25, 0.3) is 0 Å². The van der Waals surface area contributed by atoms with Crippen molar-refractivity contribution in [2.75, 3.05) is 6.54 Å². The average Bonchev–Trinajstić information content (AvgIpc) is 1.98. The second kappa shape index (κ2) is 9.84. The Hall–Kier alpha value is -0.250. The van der Waals surface area contributed by atoms with Gasteiger partial charge in [0, 0.05) is 0 Å². The molecular formula is C5H13BrN2O5. The second-order valence-corrected chi connectivity index (χ2v) is 2.92. The van der Waals surface area contributed by atoms with Gasteiger partial charge in [-0.3, -0.25) is 4.79 Å². The lowest BCUT2D eigenvalue weighted by atomic mass is 10.2. The van der Waals surface area contributed by atoms with Gasteiger partial charge in [-0.05, 0) is 23.6 Å². The van der Waals surface area contributed by atoms with Gasteiger partial charge in [0.05, 0.1) is 0 Å². The third-order valence-electron chi connectivity index (χ3n) is 1.04. The van der Waals surface area contributed by atoms with Crippen molar-refractivity contribution in [3.63, 3.8) is 0 Å². The summed E-state index contributed by atoms with van der Waals surface area (Å²) in [5, 5.41) is 8.24. The molecule has 0 fully saturated rings. The predicted octanol–water partition coefficient (Wildman–Crippen LogP) is -3.80. The van der Waals surface area contributed by atoms with E-state index in [1.54, 1.807) is 0 Å². The fraction of sp³-hybridized carbons (Fsp3) is 0.800. The van der Waals surface area contributed by atoms with Gasteiger partial charge in [-0.25, -0.2) is 0 Å². The number of carboxylic acid groups (broad SMARTS) is 1. The predicted molar refractivity (Wildman–Crippen MR) is 36.1 cm³/mol. The first-order chi connectivity index (χ1) is 5.91. The monoisotopic (exact) mass is 260 g/mol. The summed E-state index contributed by atoms with van der Waals surface area (Å²) >= 11 is -3.40. The number of nitrogens with two attached hydrogens (primary N) is 2. The molecule has 0 aliphatic carbocycles. The smallest absolute Gasteiger partial charge is 0.433 e. The van der Waals surface area contributed by atoms with Gasteiger partial charge in [0.15, 0.2) is 0 Å². The van der Waals surface area contributed by atoms with E-state index in [2.05, 4.69) is 0 Å². The third-order valence-corrected chi connectivity index (χ3v) is 1.04. The molecule has 0 radical (unpaired) electrons. The Morgan fingerprint density at radius 3 is 2.15 bits per heavy atom. The van der Waals surface area contributed by atoms with E-state index in [4.69, 9.17) is 29.2 Å². The van der Waals surface area contributed by atoms with Crippen molar-refractivity contribution in [1.29, 1.82) is 0 Å². The van der Waals surface area contributed by atoms with Crippen LogP contribution in [0.3, 0.4) is 0 Å². The zero-order valence-electron chi connectivity index (χ0n) is 6.85. The van der Waals surface area contributed by atoms with Crippen LogP contribution in [0.5, 0.6) is 0 Å². The maximum atomic E-state index is 10.0. The van der Waals surface area contributed by atoms with E-state index in [9.17, 15) is 4.79 Å². The first kappa shape index (κ1) is 15.2. The van der Waals surface area contributed by atoms with Crippen molar-refractivity contribution in [3.8, 4) is 0 Å². The molecule has 0 aromatic carbocycles. The van der Waals surface area contributed by atoms with Crippen LogP contribution in [0.2, 0.25) is 0 Å². The lowest BCUT2D eigenvalue weighted by Crippen LogP contribution is -2.30. The number of halogens is 1. The van der Waals surface area contributed by atoms with E-state index in [0.29, 0.717) is 19.4 Å². The number of carbonyl (C=O) groups is 1. The number of hydrogen-bond acceptors (Lipinski definition) is 6. The lowest BCUT2D eigenvalue weighted by molar-refractivity contribution is -1.63. The Bertz CT molecular complexity index is 131. The van der Waals surface area contributed by atoms with Gasteiger partial charge in [-0.15, -0.1) is 0 Å². The van der Waals surface area contributed by atoms with Crippen molar-refractivity contribution in [2.24, 2.45) is 11.5 Å². The fourth-order valence-electron chi connectivity index (χ4n) is 0.461. The maximum Gasteiger partial charge on any atom is 0.433 e. The van der Waals surface area contributed by atoms with Gasteiger partial charge in [-0.1, -0.05) is 0 Å². The zero-order valence-corrected chi connectivity index (χ0v) is 8.44. The topological polar surface area (TPSA) is 156 Å². The minimum Gasteiger partial charge on any atom is -0.480 e. The maximum absolute atomic E-state index is 10.0. The zero-order chi connectivity index (χ0) is 10.9. The van der Waals surface area contributed by atoms with Crippen molar-refractivity contribution in [1.82, 2.24) is 0 Å². The Morgan fingerprint density at radius 1 is 1.54 bits per heavy atom. The molecule has 80 valence electrons. The van der Waals surface area contributed by atoms with Crippen LogP contribution in [0.25, 0.3) is 0 Å². The molecule has 0 bridgehead atoms. The highest BCUT2D eigenvalue weighted by molar-refractivity contribution is 5.72. The molecule has 0 saturated carbocycles. The average molecular weight is 261 g/mol. The molecule has 7 nitrogen and oxygen atoms in total. The van der Waals surface area contributed by atoms with Gasteiger partial charge in [0.2, 0.25) is 0 Å². The van der Waals surface area contributed by atoms with Gasteiger partial charge in [0.1, 0.15) is 6.04 Å². The molecule has 1 atom stereocenters. The number of rotatable bonds is 4. The molecule has 0 saturated heterocycles. The largest absolute Gasteiger partial charge is 0.480 e. The van der Waals surface area contributed by atoms with E-state index < -0.39 is 26.8 Å². The summed E-state index contributed by atoms with van der Waals surface area (Å²) in [6.07, 6.45) is 1.14. The SMILES string of the molecule is NCCC[C@@H](N)C(=O)O.[O-][Br+2]([O-])O. The van der Waals surface area contributed by atoms with E-state index >= 15 is 0 Å². The Balaban J connectivity index is 0. The molecular weight excluding hydrogens is 248 g/mol. The second-order valence-electron chi connectivity index (χ2n) is 2.08. The normalized spacial score (nSPS) is 11.8. The van der Waals surface area contributed by atoms with Crippen LogP contribution in [0, 0.1) is 14.8 Å². The molecule has 0 aromatic heterocycles. The van der Waals surface area contributed by atoms with Crippen LogP contribution < -0.4 is 19.9 Å². The highest BCUT2D eigenvalue weighted by Crippen LogP contribution is 1.91. The number of hydrogen-bond donors (Lipinski definition) is 4. The molecule has 0 aromatic rings. The van der Waals surface area contributed by atoms with Gasteiger partial charge in [-0.2, -0.15) is 0 Å². The number of aliphatic carboxylic acids is 1. The quantitative estimate of drug-likeness (QED) is 0.404. The van der Waals surface area contributed by atoms with Gasteiger partial charge >= 0.3 is 20.8 Å². The van der Waals surface area contributed by atoms with Gasteiger partial charge < -0.3 is 25.0 Å². The highest BCUT2D eigenvalue weighted by atomic mass is 80.0. The summed E-state index contributed by atoms with van der Waals surface area (Å²) < 4.78 is 24.3. The molecule has 0 aliphatic rings. The molecule has 6 N–H and O–H groups in total. The molecule has 0 amide bonds. The Labute approximate surface area is 80.8 Å². The Kier molecular flexibility index (Phi) is 11.5. The van der Waals surface area contributed by atoms with E-state index in [1.165, 1.54) is 0 Å². The summed E-state index contributed by atoms with van der Waals surface area (Å²) in [6, 6.07) is -0.742. The molecule has 0 unspecified atom stereocenters. The summed E-state index contributed by atoms with van der Waals surface area (Å²) in [5.74, 6) is -0.955. The van der Waals surface area contributed by atoms with Crippen LogP contribution in [-0.4, -0.2) is 27.9 Å². The van der Waals surface area contributed by atoms with E-state index in [1.807, 2.05) is 0 Å². The van der Waals surface area contributed by atoms with Crippen LogP contribution in [0.15, 0.2) is 0 Å². The number of carboxylic acids is 1. The lowest BCUT2D eigenvalue weighted by Gasteiger charge is -2.02. The standard InChI is InChI=1S/C5H12N2O2.BrHO3/c6-3-1-2-4(7)5(8)9;2-1(3)4/h4H,1-3,6-7H2,(H,8,9);2H/t4-;/m1./s1. The van der Waals surface area contributed by atoms with Crippen LogP contribution in [-0.2, 0) is 4.79 Å². The van der Waals surface area contributed by atoms with Crippen LogP contribution in [0.4, 0.5) is 0 Å². The summed E-state index contributed by atoms with van der Waals surface area (Å²) in [7, 11) is 0. The minimum absolute atomic E-state index is 0.464. The first-order valence-corrected chi connectivity index (χ1v) is 5.35. The van der Waals surface area contributed by atoms with Crippen LogP contribution in [0.1, 0.15) is 12.8 Å². The molecule has 0 rings (SSSR count). The first-order valence-electron chi connectivity index (χ1n) is 3.34. The summed E-state index contributed by atoms with van der Waals surface area (Å²) in [6.45, 7) is 0.501. The van der Waals surface area contributed by atoms with Crippen LogP contribution >= 0.6 is 0 Å². The molecule has 0 spiro atoms. The van der Waals surface area contributed by atoms with Crippen molar-refractivity contribution >= 4 is 5.97 Å². The molecule has 0 aliphatic heterocycles. The van der Waals surface area contributed by atoms with Crippen molar-refractivity contribution in [3.05, 3.63) is 0 Å². The highest BCUT2D eigenvalue weighted by Gasteiger charge is 2.08. The summed E-state index contributed by atoms with van der Waals surface area (Å²) in [5.41, 5.74) is 10.3. The van der Waals surface area contributed by atoms with E-state index in [0.717, 1.165) is 0 Å². The minimum atomic E-state index is -3.40. The Morgan fingerprint density at radius 2 is 1.92 bits per heavy atom. The third kappa shape index (κ3) is 18.6. The molecule has 8 heteroatoms. The molecule has 13 heavy (non-hydrogen) atoms. The van der Waals surface area contributed by atoms with Crippen molar-refractivity contribution in [2.45, 2.75) is 18.9 Å². The molecule has 0 heterocycles. The summed E-state index contributed by atoms with van der Waals surface area (Å²) in [4.78, 5) is 10.0. The van der Waals surface area contributed by atoms with E-state index in [-0.39, 0.29) is 0 Å². The van der Waals surface area contributed by atoms with Crippen molar-refractivity contribution < 1.29 is 37.3 Å².